The van der Waals surface area contributed by atoms with Crippen LogP contribution < -0.4 is 11.0 Å². The van der Waals surface area contributed by atoms with E-state index in [9.17, 15) is 4.57 Å². The fourth-order valence-corrected chi connectivity index (χ4v) is 2.52. The molecule has 0 fully saturated rings. The summed E-state index contributed by atoms with van der Waals surface area (Å²) in [5.74, 6) is 0. The van der Waals surface area contributed by atoms with Gasteiger partial charge in [0.25, 0.3) is 0 Å². The van der Waals surface area contributed by atoms with Crippen molar-refractivity contribution < 1.29 is 4.57 Å². The van der Waals surface area contributed by atoms with Crippen molar-refractivity contribution in [1.82, 2.24) is 0 Å². The van der Waals surface area contributed by atoms with E-state index in [1.54, 1.807) is 6.07 Å². The summed E-state index contributed by atoms with van der Waals surface area (Å²) in [6.45, 7) is 2.10. The summed E-state index contributed by atoms with van der Waals surface area (Å²) >= 11 is 0. The normalized spacial score (nSPS) is 11.3. The highest BCUT2D eigenvalue weighted by Crippen LogP contribution is 2.22. The molecule has 0 aromatic heterocycles. The smallest absolute Gasteiger partial charge is 0.104 e. The topological polar surface area (TPSA) is 43.1 Å². The average Bonchev–Trinajstić information content (AvgIpc) is 2.14. The lowest BCUT2D eigenvalue weighted by molar-refractivity contribution is 0.591. The van der Waals surface area contributed by atoms with Gasteiger partial charge >= 0.3 is 0 Å². The highest BCUT2D eigenvalue weighted by Gasteiger charge is 2.03. The van der Waals surface area contributed by atoms with Gasteiger partial charge in [0, 0.05) is 17.2 Å². The molecular weight excluding hydrogens is 181 g/mol. The first-order chi connectivity index (χ1) is 6.24. The molecule has 0 aliphatic carbocycles. The minimum atomic E-state index is -1.23. The molecule has 0 aliphatic rings. The van der Waals surface area contributed by atoms with E-state index >= 15 is 0 Å². The second-order valence-corrected chi connectivity index (χ2v) is 4.77. The first-order valence-corrected chi connectivity index (χ1v) is 5.98. The maximum atomic E-state index is 11.6. The molecule has 1 rings (SSSR count). The largest absolute Gasteiger partial charge is 0.399 e. The molecule has 13 heavy (non-hydrogen) atoms. The van der Waals surface area contributed by atoms with Crippen molar-refractivity contribution in [2.45, 2.75) is 19.8 Å². The van der Waals surface area contributed by atoms with Gasteiger partial charge in [-0.1, -0.05) is 19.4 Å². The van der Waals surface area contributed by atoms with Crippen molar-refractivity contribution in [3.8, 4) is 0 Å². The van der Waals surface area contributed by atoms with E-state index in [1.807, 2.05) is 18.2 Å². The van der Waals surface area contributed by atoms with Crippen molar-refractivity contribution >= 4 is 18.8 Å². The molecule has 1 aromatic carbocycles. The third-order valence-corrected chi connectivity index (χ3v) is 3.45. The van der Waals surface area contributed by atoms with Crippen molar-refractivity contribution in [1.29, 1.82) is 0 Å². The van der Waals surface area contributed by atoms with Gasteiger partial charge in [-0.3, -0.25) is 4.57 Å². The maximum Gasteiger partial charge on any atom is 0.104 e. The van der Waals surface area contributed by atoms with Crippen molar-refractivity contribution in [3.05, 3.63) is 24.3 Å². The Bertz CT molecular complexity index is 299. The second-order valence-electron chi connectivity index (χ2n) is 3.05. The molecule has 0 aliphatic heterocycles. The Kier molecular flexibility index (Phi) is 3.91. The molecule has 0 saturated heterocycles. The molecule has 1 radical (unpaired) electrons. The van der Waals surface area contributed by atoms with Crippen LogP contribution in [0.3, 0.4) is 0 Å². The molecule has 0 bridgehead atoms. The standard InChI is InChI=1S/C10H15NOP/c1-2-3-7-13(12)10-6-4-5-9(11)8-10/h4-6,8H,2-3,7,11H2,1H3. The van der Waals surface area contributed by atoms with Crippen LogP contribution in [0.1, 0.15) is 19.8 Å². The molecule has 0 spiro atoms. The number of nitrogen functional groups attached to an aromatic ring is 1. The second kappa shape index (κ2) is 4.98. The Labute approximate surface area is 79.9 Å². The quantitative estimate of drug-likeness (QED) is 0.594. The van der Waals surface area contributed by atoms with Gasteiger partial charge in [0.05, 0.1) is 0 Å². The van der Waals surface area contributed by atoms with E-state index in [0.29, 0.717) is 5.69 Å². The lowest BCUT2D eigenvalue weighted by Gasteiger charge is -2.00. The zero-order valence-corrected chi connectivity index (χ0v) is 8.76. The zero-order chi connectivity index (χ0) is 9.68. The van der Waals surface area contributed by atoms with Crippen LogP contribution >= 0.6 is 7.80 Å². The molecule has 1 atom stereocenters. The van der Waals surface area contributed by atoms with Crippen molar-refractivity contribution in [2.75, 3.05) is 11.9 Å². The van der Waals surface area contributed by atoms with E-state index in [4.69, 9.17) is 5.73 Å². The zero-order valence-electron chi connectivity index (χ0n) is 7.86. The third-order valence-electron chi connectivity index (χ3n) is 1.87. The first-order valence-electron chi connectivity index (χ1n) is 4.54. The predicted octanol–water partition coefficient (Wildman–Crippen LogP) is 2.52. The van der Waals surface area contributed by atoms with Crippen LogP contribution in [0.5, 0.6) is 0 Å². The fourth-order valence-electron chi connectivity index (χ4n) is 1.11. The molecule has 71 valence electrons. The van der Waals surface area contributed by atoms with Gasteiger partial charge in [0.2, 0.25) is 0 Å². The number of nitrogens with two attached hydrogens (primary N) is 1. The molecule has 1 aromatic rings. The van der Waals surface area contributed by atoms with Gasteiger partial charge in [0.1, 0.15) is 7.80 Å². The number of hydrogen-bond acceptors (Lipinski definition) is 2. The van der Waals surface area contributed by atoms with E-state index in [1.165, 1.54) is 0 Å². The molecule has 0 saturated carbocycles. The van der Waals surface area contributed by atoms with Crippen molar-refractivity contribution in [2.24, 2.45) is 0 Å². The maximum absolute atomic E-state index is 11.6. The first kappa shape index (κ1) is 10.2. The summed E-state index contributed by atoms with van der Waals surface area (Å²) in [7, 11) is -1.23. The van der Waals surface area contributed by atoms with Crippen LogP contribution in [0.2, 0.25) is 0 Å². The Balaban J connectivity index is 2.66. The Morgan fingerprint density at radius 3 is 2.85 bits per heavy atom. The SMILES string of the molecule is CCCC[P](=O)c1cccc(N)c1. The van der Waals surface area contributed by atoms with Crippen LogP contribution in [0, 0.1) is 0 Å². The Morgan fingerprint density at radius 2 is 2.23 bits per heavy atom. The van der Waals surface area contributed by atoms with Crippen LogP contribution in [0.25, 0.3) is 0 Å². The van der Waals surface area contributed by atoms with Crippen LogP contribution in [0.4, 0.5) is 5.69 Å². The van der Waals surface area contributed by atoms with Crippen molar-refractivity contribution in [3.63, 3.8) is 0 Å². The molecule has 2 N–H and O–H groups in total. The van der Waals surface area contributed by atoms with Gasteiger partial charge in [0.15, 0.2) is 0 Å². The molecule has 3 heteroatoms. The number of rotatable bonds is 4. The van der Waals surface area contributed by atoms with Crippen LogP contribution in [-0.2, 0) is 4.57 Å². The lowest BCUT2D eigenvalue weighted by Crippen LogP contribution is -1.99. The summed E-state index contributed by atoms with van der Waals surface area (Å²) in [5.41, 5.74) is 6.29. The number of anilines is 1. The summed E-state index contributed by atoms with van der Waals surface area (Å²) in [6.07, 6.45) is 2.88. The molecule has 0 heterocycles. The molecule has 1 unspecified atom stereocenters. The summed E-state index contributed by atoms with van der Waals surface area (Å²) in [6, 6.07) is 7.34. The summed E-state index contributed by atoms with van der Waals surface area (Å²) in [4.78, 5) is 0. The minimum Gasteiger partial charge on any atom is -0.399 e. The highest BCUT2D eigenvalue weighted by molar-refractivity contribution is 7.53. The van der Waals surface area contributed by atoms with E-state index in [-0.39, 0.29) is 0 Å². The molecule has 2 nitrogen and oxygen atoms in total. The van der Waals surface area contributed by atoms with Crippen LogP contribution in [-0.4, -0.2) is 6.16 Å². The van der Waals surface area contributed by atoms with Crippen LogP contribution in [0.15, 0.2) is 24.3 Å². The van der Waals surface area contributed by atoms with Gasteiger partial charge < -0.3 is 5.73 Å². The lowest BCUT2D eigenvalue weighted by atomic mass is 10.3. The summed E-state index contributed by atoms with van der Waals surface area (Å²) < 4.78 is 11.6. The minimum absolute atomic E-state index is 0.692. The molecular formula is C10H15NOP. The number of unbranched alkanes of at least 4 members (excludes halogenated alkanes) is 1. The third kappa shape index (κ3) is 3.16. The monoisotopic (exact) mass is 196 g/mol. The average molecular weight is 196 g/mol. The summed E-state index contributed by atoms with van der Waals surface area (Å²) in [5, 5.41) is 0.878. The van der Waals surface area contributed by atoms with Gasteiger partial charge in [-0.15, -0.1) is 0 Å². The fraction of sp³-hybridized carbons (Fsp3) is 0.400. The van der Waals surface area contributed by atoms with Gasteiger partial charge in [-0.05, 0) is 24.6 Å². The Hall–Kier alpha value is -0.880. The van der Waals surface area contributed by atoms with E-state index in [0.717, 1.165) is 24.3 Å². The van der Waals surface area contributed by atoms with Gasteiger partial charge in [-0.25, -0.2) is 0 Å². The van der Waals surface area contributed by atoms with E-state index in [2.05, 4.69) is 6.92 Å². The molecule has 0 amide bonds. The van der Waals surface area contributed by atoms with Gasteiger partial charge in [-0.2, -0.15) is 0 Å². The van der Waals surface area contributed by atoms with E-state index < -0.39 is 7.80 Å². The Morgan fingerprint density at radius 1 is 1.46 bits per heavy atom. The highest BCUT2D eigenvalue weighted by atomic mass is 31.1. The number of hydrogen-bond donors (Lipinski definition) is 1. The number of benzene rings is 1. The predicted molar refractivity (Wildman–Crippen MR) is 57.9 cm³/mol.